The largest absolute Gasteiger partial charge is 0.379 e. The van der Waals surface area contributed by atoms with Gasteiger partial charge < -0.3 is 4.74 Å². The first-order valence-electron chi connectivity index (χ1n) is 5.15. The van der Waals surface area contributed by atoms with Crippen LogP contribution in [0.3, 0.4) is 0 Å². The molecule has 16 heavy (non-hydrogen) atoms. The fraction of sp³-hybridized carbons (Fsp3) is 0.600. The molecule has 1 saturated heterocycles. The third-order valence-electron chi connectivity index (χ3n) is 2.37. The maximum atomic E-state index is 9.96. The Morgan fingerprint density at radius 3 is 3.12 bits per heavy atom. The summed E-state index contributed by atoms with van der Waals surface area (Å²) in [5, 5.41) is 3.01. The average molecular weight is 239 g/mol. The second-order valence-electron chi connectivity index (χ2n) is 3.53. The number of thiazole rings is 1. The van der Waals surface area contributed by atoms with Crippen molar-refractivity contribution in [2.75, 3.05) is 26.3 Å². The zero-order chi connectivity index (χ0) is 11.2. The van der Waals surface area contributed by atoms with Crippen LogP contribution in [0.4, 0.5) is 0 Å². The number of nitrogens with zero attached hydrogens (tertiary/aromatic N) is 3. The Labute approximate surface area is 97.8 Å². The van der Waals surface area contributed by atoms with E-state index in [0.717, 1.165) is 43.5 Å². The van der Waals surface area contributed by atoms with E-state index in [9.17, 15) is 4.79 Å². The Kier molecular flexibility index (Phi) is 4.18. The lowest BCUT2D eigenvalue weighted by molar-refractivity contribution is 0.0341. The molecular weight excluding hydrogens is 226 g/mol. The third-order valence-corrected chi connectivity index (χ3v) is 3.25. The van der Waals surface area contributed by atoms with Gasteiger partial charge in [-0.25, -0.2) is 9.78 Å². The van der Waals surface area contributed by atoms with Crippen LogP contribution in [0.1, 0.15) is 10.7 Å². The standard InChI is InChI=1S/C10H13N3O2S/c14-8-11-5-9-7-16-10(12-9)6-13-1-3-15-4-2-13/h7H,1-6H2. The average Bonchev–Trinajstić information content (AvgIpc) is 2.75. The number of morpholine rings is 1. The molecule has 1 aliphatic rings. The fourth-order valence-electron chi connectivity index (χ4n) is 1.56. The Morgan fingerprint density at radius 2 is 2.38 bits per heavy atom. The van der Waals surface area contributed by atoms with E-state index in [4.69, 9.17) is 4.74 Å². The van der Waals surface area contributed by atoms with Gasteiger partial charge in [0.2, 0.25) is 6.08 Å². The van der Waals surface area contributed by atoms with Crippen molar-refractivity contribution in [1.29, 1.82) is 0 Å². The summed E-state index contributed by atoms with van der Waals surface area (Å²) in [6, 6.07) is 0. The number of aromatic nitrogens is 1. The highest BCUT2D eigenvalue weighted by Gasteiger charge is 2.12. The summed E-state index contributed by atoms with van der Waals surface area (Å²) in [5.74, 6) is 0. The molecule has 1 aromatic rings. The Morgan fingerprint density at radius 1 is 1.56 bits per heavy atom. The van der Waals surface area contributed by atoms with E-state index in [1.165, 1.54) is 6.08 Å². The van der Waals surface area contributed by atoms with E-state index in [1.54, 1.807) is 11.3 Å². The first kappa shape index (κ1) is 11.4. The molecule has 1 fully saturated rings. The van der Waals surface area contributed by atoms with Crippen molar-refractivity contribution in [2.24, 2.45) is 4.99 Å². The van der Waals surface area contributed by atoms with Gasteiger partial charge in [-0.3, -0.25) is 4.90 Å². The van der Waals surface area contributed by atoms with Crippen LogP contribution >= 0.6 is 11.3 Å². The number of isocyanates is 1. The van der Waals surface area contributed by atoms with E-state index in [-0.39, 0.29) is 0 Å². The highest BCUT2D eigenvalue weighted by molar-refractivity contribution is 7.09. The summed E-state index contributed by atoms with van der Waals surface area (Å²) in [4.78, 5) is 20.2. The predicted molar refractivity (Wildman–Crippen MR) is 60.0 cm³/mol. The number of hydrogen-bond acceptors (Lipinski definition) is 6. The number of carbonyl (C=O) groups excluding carboxylic acids is 1. The number of ether oxygens (including phenoxy) is 1. The van der Waals surface area contributed by atoms with Gasteiger partial charge >= 0.3 is 0 Å². The van der Waals surface area contributed by atoms with Crippen LogP contribution in [-0.2, 0) is 22.6 Å². The monoisotopic (exact) mass is 239 g/mol. The minimum absolute atomic E-state index is 0.336. The van der Waals surface area contributed by atoms with E-state index >= 15 is 0 Å². The van der Waals surface area contributed by atoms with Crippen molar-refractivity contribution in [1.82, 2.24) is 9.88 Å². The van der Waals surface area contributed by atoms with Gasteiger partial charge in [0, 0.05) is 18.5 Å². The third kappa shape index (κ3) is 3.21. The minimum Gasteiger partial charge on any atom is -0.379 e. The number of hydrogen-bond donors (Lipinski definition) is 0. The molecule has 0 saturated carbocycles. The van der Waals surface area contributed by atoms with Crippen LogP contribution < -0.4 is 0 Å². The van der Waals surface area contributed by atoms with Gasteiger partial charge in [0.15, 0.2) is 0 Å². The topological polar surface area (TPSA) is 54.8 Å². The fourth-order valence-corrected chi connectivity index (χ4v) is 2.38. The van der Waals surface area contributed by atoms with Crippen molar-refractivity contribution in [3.63, 3.8) is 0 Å². The molecule has 0 amide bonds. The summed E-state index contributed by atoms with van der Waals surface area (Å²) in [6.45, 7) is 4.71. The summed E-state index contributed by atoms with van der Waals surface area (Å²) < 4.78 is 5.28. The van der Waals surface area contributed by atoms with Gasteiger partial charge in [0.1, 0.15) is 5.01 Å². The van der Waals surface area contributed by atoms with Crippen molar-refractivity contribution in [3.8, 4) is 0 Å². The van der Waals surface area contributed by atoms with E-state index in [0.29, 0.717) is 6.54 Å². The molecule has 0 aliphatic carbocycles. The maximum absolute atomic E-state index is 9.96. The molecule has 2 heterocycles. The van der Waals surface area contributed by atoms with E-state index in [1.807, 2.05) is 5.38 Å². The normalized spacial score (nSPS) is 17.0. The highest BCUT2D eigenvalue weighted by atomic mass is 32.1. The van der Waals surface area contributed by atoms with E-state index in [2.05, 4.69) is 14.9 Å². The Hall–Kier alpha value is -1.07. The quantitative estimate of drug-likeness (QED) is 0.576. The van der Waals surface area contributed by atoms with Gasteiger partial charge in [0.05, 0.1) is 32.0 Å². The zero-order valence-electron chi connectivity index (χ0n) is 8.89. The molecule has 0 spiro atoms. The molecule has 86 valence electrons. The van der Waals surface area contributed by atoms with Crippen LogP contribution in [0.2, 0.25) is 0 Å². The SMILES string of the molecule is O=C=NCc1csc(CN2CCOCC2)n1. The van der Waals surface area contributed by atoms with Gasteiger partial charge in [-0.1, -0.05) is 0 Å². The minimum atomic E-state index is 0.336. The Bertz CT molecular complexity index is 381. The molecule has 1 aromatic heterocycles. The second kappa shape index (κ2) is 5.86. The van der Waals surface area contributed by atoms with Crippen molar-refractivity contribution >= 4 is 17.4 Å². The zero-order valence-corrected chi connectivity index (χ0v) is 9.70. The second-order valence-corrected chi connectivity index (χ2v) is 4.47. The van der Waals surface area contributed by atoms with E-state index < -0.39 is 0 Å². The molecule has 1 aliphatic heterocycles. The lowest BCUT2D eigenvalue weighted by atomic mass is 10.4. The molecule has 2 rings (SSSR count). The number of aliphatic imine (C=N–C) groups is 1. The molecule has 0 aromatic carbocycles. The van der Waals surface area contributed by atoms with Gasteiger partial charge in [-0.05, 0) is 0 Å². The lowest BCUT2D eigenvalue weighted by Crippen LogP contribution is -2.35. The van der Waals surface area contributed by atoms with Crippen molar-refractivity contribution < 1.29 is 9.53 Å². The van der Waals surface area contributed by atoms with Crippen LogP contribution in [0.25, 0.3) is 0 Å². The molecule has 0 atom stereocenters. The molecular formula is C10H13N3O2S. The van der Waals surface area contributed by atoms with Gasteiger partial charge in [-0.2, -0.15) is 4.99 Å². The first-order chi connectivity index (χ1) is 7.88. The van der Waals surface area contributed by atoms with Crippen molar-refractivity contribution in [3.05, 3.63) is 16.1 Å². The van der Waals surface area contributed by atoms with Gasteiger partial charge in [-0.15, -0.1) is 11.3 Å². The van der Waals surface area contributed by atoms with Crippen LogP contribution in [0, 0.1) is 0 Å². The molecule has 0 radical (unpaired) electrons. The van der Waals surface area contributed by atoms with Crippen molar-refractivity contribution in [2.45, 2.75) is 13.1 Å². The molecule has 6 heteroatoms. The highest BCUT2D eigenvalue weighted by Crippen LogP contribution is 2.13. The molecule has 0 unspecified atom stereocenters. The summed E-state index contributed by atoms with van der Waals surface area (Å²) in [7, 11) is 0. The summed E-state index contributed by atoms with van der Waals surface area (Å²) in [5.41, 5.74) is 0.844. The maximum Gasteiger partial charge on any atom is 0.235 e. The molecule has 5 nitrogen and oxygen atoms in total. The molecule has 0 N–H and O–H groups in total. The van der Waals surface area contributed by atoms with Crippen LogP contribution in [0.15, 0.2) is 10.4 Å². The summed E-state index contributed by atoms with van der Waals surface area (Å²) >= 11 is 1.61. The van der Waals surface area contributed by atoms with Crippen LogP contribution in [-0.4, -0.2) is 42.3 Å². The smallest absolute Gasteiger partial charge is 0.235 e. The number of rotatable bonds is 4. The molecule has 0 bridgehead atoms. The predicted octanol–water partition coefficient (Wildman–Crippen LogP) is 0.811. The first-order valence-corrected chi connectivity index (χ1v) is 6.03. The summed E-state index contributed by atoms with van der Waals surface area (Å²) in [6.07, 6.45) is 1.52. The lowest BCUT2D eigenvalue weighted by Gasteiger charge is -2.25. The van der Waals surface area contributed by atoms with Crippen LogP contribution in [0.5, 0.6) is 0 Å². The van der Waals surface area contributed by atoms with Gasteiger partial charge in [0.25, 0.3) is 0 Å². The Balaban J connectivity index is 1.88.